The third kappa shape index (κ3) is 5.57. The molecule has 148 valence electrons. The van der Waals surface area contributed by atoms with E-state index in [1.165, 1.54) is 7.11 Å². The first-order valence-corrected chi connectivity index (χ1v) is 8.76. The zero-order valence-electron chi connectivity index (χ0n) is 16.4. The van der Waals surface area contributed by atoms with Crippen LogP contribution in [0.3, 0.4) is 0 Å². The fourth-order valence-electron chi connectivity index (χ4n) is 2.81. The van der Waals surface area contributed by atoms with E-state index in [9.17, 15) is 14.4 Å². The topological polar surface area (TPSA) is 93.7 Å². The minimum absolute atomic E-state index is 0.223. The third-order valence-electron chi connectivity index (χ3n) is 4.05. The van der Waals surface area contributed by atoms with Crippen LogP contribution in [0.5, 0.6) is 5.75 Å². The smallest absolute Gasteiger partial charge is 0.342 e. The summed E-state index contributed by atoms with van der Waals surface area (Å²) in [4.78, 5) is 36.0. The lowest BCUT2D eigenvalue weighted by Crippen LogP contribution is -2.35. The number of hydrogen-bond donors (Lipinski definition) is 2. The number of ether oxygens (including phenoxy) is 2. The number of benzene rings is 2. The van der Waals surface area contributed by atoms with Crippen LogP contribution in [-0.4, -0.2) is 38.0 Å². The van der Waals surface area contributed by atoms with Gasteiger partial charge in [-0.3, -0.25) is 9.59 Å². The molecule has 0 unspecified atom stereocenters. The van der Waals surface area contributed by atoms with Gasteiger partial charge in [0.2, 0.25) is 5.91 Å². The van der Waals surface area contributed by atoms with Crippen LogP contribution < -0.4 is 15.4 Å². The van der Waals surface area contributed by atoms with Gasteiger partial charge in [-0.05, 0) is 44.0 Å². The minimum atomic E-state index is -0.678. The number of aryl methyl sites for hydroxylation is 3. The number of esters is 1. The lowest BCUT2D eigenvalue weighted by Gasteiger charge is -2.13. The normalized spacial score (nSPS) is 10.1. The molecule has 0 aliphatic carbocycles. The second kappa shape index (κ2) is 9.55. The second-order valence-corrected chi connectivity index (χ2v) is 6.38. The van der Waals surface area contributed by atoms with Crippen molar-refractivity contribution in [1.29, 1.82) is 0 Å². The van der Waals surface area contributed by atoms with Crippen molar-refractivity contribution >= 4 is 23.5 Å². The molecule has 0 atom stereocenters. The van der Waals surface area contributed by atoms with Gasteiger partial charge in [-0.25, -0.2) is 4.79 Å². The molecule has 0 aliphatic rings. The van der Waals surface area contributed by atoms with Gasteiger partial charge in [-0.1, -0.05) is 29.8 Å². The molecule has 0 aliphatic heterocycles. The van der Waals surface area contributed by atoms with Gasteiger partial charge in [-0.15, -0.1) is 0 Å². The van der Waals surface area contributed by atoms with E-state index in [0.29, 0.717) is 5.75 Å². The maximum absolute atomic E-state index is 12.1. The van der Waals surface area contributed by atoms with Crippen molar-refractivity contribution in [2.24, 2.45) is 0 Å². The number of nitrogens with one attached hydrogen (secondary N) is 2. The lowest BCUT2D eigenvalue weighted by atomic mass is 10.1. The molecule has 0 saturated carbocycles. The summed E-state index contributed by atoms with van der Waals surface area (Å²) >= 11 is 0. The molecule has 0 saturated heterocycles. The molecule has 7 nitrogen and oxygen atoms in total. The van der Waals surface area contributed by atoms with E-state index in [2.05, 4.69) is 10.6 Å². The van der Waals surface area contributed by atoms with Crippen molar-refractivity contribution < 1.29 is 23.9 Å². The SMILES string of the molecule is COc1ccccc1C(=O)OCC(=O)NCC(=O)Nc1c(C)cc(C)cc1C. The monoisotopic (exact) mass is 384 g/mol. The molecule has 2 aromatic carbocycles. The summed E-state index contributed by atoms with van der Waals surface area (Å²) in [6, 6.07) is 10.5. The summed E-state index contributed by atoms with van der Waals surface area (Å²) in [6.45, 7) is 5.08. The average Bonchev–Trinajstić information content (AvgIpc) is 2.67. The fourth-order valence-corrected chi connectivity index (χ4v) is 2.81. The Kier molecular flexibility index (Phi) is 7.14. The third-order valence-corrected chi connectivity index (χ3v) is 4.05. The highest BCUT2D eigenvalue weighted by Gasteiger charge is 2.15. The summed E-state index contributed by atoms with van der Waals surface area (Å²) in [5, 5.41) is 5.22. The fraction of sp³-hybridized carbons (Fsp3) is 0.286. The van der Waals surface area contributed by atoms with Crippen molar-refractivity contribution in [3.05, 3.63) is 58.7 Å². The van der Waals surface area contributed by atoms with Gasteiger partial charge in [-0.2, -0.15) is 0 Å². The van der Waals surface area contributed by atoms with Crippen molar-refractivity contribution in [1.82, 2.24) is 5.32 Å². The number of rotatable bonds is 7. The molecule has 28 heavy (non-hydrogen) atoms. The molecule has 0 radical (unpaired) electrons. The van der Waals surface area contributed by atoms with Gasteiger partial charge in [0, 0.05) is 5.69 Å². The Labute approximate surface area is 164 Å². The number of methoxy groups -OCH3 is 1. The molecule has 7 heteroatoms. The zero-order valence-corrected chi connectivity index (χ0v) is 16.4. The van der Waals surface area contributed by atoms with Crippen LogP contribution in [0.15, 0.2) is 36.4 Å². The van der Waals surface area contributed by atoms with Crippen molar-refractivity contribution in [3.63, 3.8) is 0 Å². The summed E-state index contributed by atoms with van der Waals surface area (Å²) in [5.41, 5.74) is 3.96. The van der Waals surface area contributed by atoms with E-state index in [4.69, 9.17) is 9.47 Å². The number of para-hydroxylation sites is 1. The molecule has 2 aromatic rings. The van der Waals surface area contributed by atoms with Gasteiger partial charge in [0.1, 0.15) is 11.3 Å². The average molecular weight is 384 g/mol. The number of amides is 2. The molecule has 0 bridgehead atoms. The van der Waals surface area contributed by atoms with Crippen LogP contribution in [0, 0.1) is 20.8 Å². The van der Waals surface area contributed by atoms with Gasteiger partial charge in [0.05, 0.1) is 13.7 Å². The highest BCUT2D eigenvalue weighted by molar-refractivity contribution is 5.97. The van der Waals surface area contributed by atoms with Crippen LogP contribution in [0.4, 0.5) is 5.69 Å². The first kappa shape index (κ1) is 21.0. The van der Waals surface area contributed by atoms with E-state index in [1.54, 1.807) is 24.3 Å². The largest absolute Gasteiger partial charge is 0.496 e. The first-order chi connectivity index (χ1) is 13.3. The molecule has 2 amide bonds. The Morgan fingerprint density at radius 2 is 1.61 bits per heavy atom. The summed E-state index contributed by atoms with van der Waals surface area (Å²) in [6.07, 6.45) is 0. The molecular formula is C21H24N2O5. The number of anilines is 1. The Bertz CT molecular complexity index is 869. The highest BCUT2D eigenvalue weighted by Crippen LogP contribution is 2.21. The van der Waals surface area contributed by atoms with Crippen LogP contribution in [-0.2, 0) is 14.3 Å². The first-order valence-electron chi connectivity index (χ1n) is 8.76. The molecule has 2 N–H and O–H groups in total. The molecule has 0 spiro atoms. The van der Waals surface area contributed by atoms with E-state index in [1.807, 2.05) is 32.9 Å². The highest BCUT2D eigenvalue weighted by atomic mass is 16.5. The van der Waals surface area contributed by atoms with E-state index in [0.717, 1.165) is 22.4 Å². The summed E-state index contributed by atoms with van der Waals surface area (Å²) in [5.74, 6) is -1.26. The Hall–Kier alpha value is -3.35. The number of carbonyl (C=O) groups is 3. The lowest BCUT2D eigenvalue weighted by molar-refractivity contribution is -0.126. The molecular weight excluding hydrogens is 360 g/mol. The summed E-state index contributed by atoms with van der Waals surface area (Å²) in [7, 11) is 1.44. The maximum atomic E-state index is 12.1. The Morgan fingerprint density at radius 3 is 2.25 bits per heavy atom. The summed E-state index contributed by atoms with van der Waals surface area (Å²) < 4.78 is 10.1. The number of hydrogen-bond acceptors (Lipinski definition) is 5. The Balaban J connectivity index is 1.82. The second-order valence-electron chi connectivity index (χ2n) is 6.38. The van der Waals surface area contributed by atoms with Crippen LogP contribution >= 0.6 is 0 Å². The van der Waals surface area contributed by atoms with Crippen molar-refractivity contribution in [2.75, 3.05) is 25.6 Å². The van der Waals surface area contributed by atoms with Crippen LogP contribution in [0.1, 0.15) is 27.0 Å². The van der Waals surface area contributed by atoms with E-state index < -0.39 is 18.5 Å². The van der Waals surface area contributed by atoms with E-state index in [-0.39, 0.29) is 18.0 Å². The maximum Gasteiger partial charge on any atom is 0.342 e. The molecule has 0 aromatic heterocycles. The van der Waals surface area contributed by atoms with Gasteiger partial charge < -0.3 is 20.1 Å². The van der Waals surface area contributed by atoms with Crippen molar-refractivity contribution in [2.45, 2.75) is 20.8 Å². The van der Waals surface area contributed by atoms with E-state index >= 15 is 0 Å². The Morgan fingerprint density at radius 1 is 0.964 bits per heavy atom. The predicted molar refractivity (Wildman–Crippen MR) is 106 cm³/mol. The van der Waals surface area contributed by atoms with Gasteiger partial charge >= 0.3 is 5.97 Å². The minimum Gasteiger partial charge on any atom is -0.496 e. The van der Waals surface area contributed by atoms with Gasteiger partial charge in [0.15, 0.2) is 6.61 Å². The molecule has 0 heterocycles. The quantitative estimate of drug-likeness (QED) is 0.716. The predicted octanol–water partition coefficient (Wildman–Crippen LogP) is 2.53. The van der Waals surface area contributed by atoms with Crippen LogP contribution in [0.25, 0.3) is 0 Å². The standard InChI is InChI=1S/C21H24N2O5/c1-13-9-14(2)20(15(3)10-13)23-18(24)11-22-19(25)12-28-21(26)16-7-5-6-8-17(16)27-4/h5-10H,11-12H2,1-4H3,(H,22,25)(H,23,24). The van der Waals surface area contributed by atoms with Crippen LogP contribution in [0.2, 0.25) is 0 Å². The van der Waals surface area contributed by atoms with Gasteiger partial charge in [0.25, 0.3) is 5.91 Å². The number of carbonyl (C=O) groups excluding carboxylic acids is 3. The molecule has 2 rings (SSSR count). The zero-order chi connectivity index (χ0) is 20.7. The molecule has 0 fully saturated rings. The van der Waals surface area contributed by atoms with Crippen molar-refractivity contribution in [3.8, 4) is 5.75 Å².